The van der Waals surface area contributed by atoms with E-state index in [-0.39, 0.29) is 11.6 Å². The third-order valence-electron chi connectivity index (χ3n) is 4.18. The average molecular weight is 430 g/mol. The number of halogens is 3. The van der Waals surface area contributed by atoms with E-state index in [0.29, 0.717) is 19.6 Å². The first-order valence-corrected chi connectivity index (χ1v) is 13.0. The zero-order valence-electron chi connectivity index (χ0n) is 17.7. The van der Waals surface area contributed by atoms with E-state index in [0.717, 1.165) is 0 Å². The lowest BCUT2D eigenvalue weighted by atomic mass is 10.2. The highest BCUT2D eigenvalue weighted by molar-refractivity contribution is 7.84. The molecule has 0 radical (unpaired) electrons. The Balaban J connectivity index is 4.53. The highest BCUT2D eigenvalue weighted by Gasteiger charge is 2.36. The molecule has 0 aliphatic heterocycles. The van der Waals surface area contributed by atoms with Crippen LogP contribution in [0.1, 0.15) is 48.0 Å². The molecular formula is C18H34F3NO3SSi. The van der Waals surface area contributed by atoms with Crippen molar-refractivity contribution in [3.8, 4) is 11.8 Å². The number of ether oxygens (including phenoxy) is 1. The van der Waals surface area contributed by atoms with Crippen LogP contribution >= 0.6 is 0 Å². The molecule has 0 spiro atoms. The van der Waals surface area contributed by atoms with Gasteiger partial charge in [-0.1, -0.05) is 26.7 Å². The van der Waals surface area contributed by atoms with Gasteiger partial charge in [0.15, 0.2) is 8.32 Å². The van der Waals surface area contributed by atoms with Crippen molar-refractivity contribution in [3.05, 3.63) is 0 Å². The monoisotopic (exact) mass is 429 g/mol. The van der Waals surface area contributed by atoms with E-state index in [4.69, 9.17) is 9.16 Å². The summed E-state index contributed by atoms with van der Waals surface area (Å²) in [4.78, 5) is 0. The Morgan fingerprint density at radius 2 is 1.63 bits per heavy atom. The molecule has 0 rings (SSSR count). The molecule has 0 saturated heterocycles. The van der Waals surface area contributed by atoms with Gasteiger partial charge in [0.2, 0.25) is 0 Å². The maximum absolute atomic E-state index is 12.4. The molecule has 0 bridgehead atoms. The summed E-state index contributed by atoms with van der Waals surface area (Å²) in [7, 11) is -3.36. The molecule has 2 atom stereocenters. The zero-order valence-corrected chi connectivity index (χ0v) is 19.5. The van der Waals surface area contributed by atoms with Crippen molar-refractivity contribution in [2.75, 3.05) is 19.8 Å². The van der Waals surface area contributed by atoms with Crippen molar-refractivity contribution in [3.63, 3.8) is 0 Å². The van der Waals surface area contributed by atoms with Crippen LogP contribution in [-0.2, 0) is 20.1 Å². The maximum atomic E-state index is 12.4. The van der Waals surface area contributed by atoms with Crippen LogP contribution in [0.3, 0.4) is 0 Å². The Morgan fingerprint density at radius 1 is 1.07 bits per heavy atom. The van der Waals surface area contributed by atoms with Crippen LogP contribution in [0.25, 0.3) is 0 Å². The third-order valence-corrected chi connectivity index (χ3v) is 10.3. The molecule has 0 aromatic rings. The number of rotatable bonds is 9. The Bertz CT molecular complexity index is 543. The summed E-state index contributed by atoms with van der Waals surface area (Å²) in [5, 5.41) is 0.118. The van der Waals surface area contributed by atoms with E-state index in [2.05, 4.69) is 44.5 Å². The Hall–Kier alpha value is -0.403. The lowest BCUT2D eigenvalue weighted by Gasteiger charge is -2.36. The molecule has 0 fully saturated rings. The number of nitrogens with one attached hydrogen (secondary N) is 1. The summed E-state index contributed by atoms with van der Waals surface area (Å²) in [6.45, 7) is 16.7. The van der Waals surface area contributed by atoms with E-state index in [1.54, 1.807) is 20.8 Å². The van der Waals surface area contributed by atoms with E-state index < -0.39 is 36.3 Å². The van der Waals surface area contributed by atoms with Crippen LogP contribution < -0.4 is 4.72 Å². The summed E-state index contributed by atoms with van der Waals surface area (Å²) in [6.07, 6.45) is -3.96. The van der Waals surface area contributed by atoms with Gasteiger partial charge in [0.1, 0.15) is 6.04 Å². The fourth-order valence-corrected chi connectivity index (χ4v) is 3.31. The third kappa shape index (κ3) is 11.9. The van der Waals surface area contributed by atoms with Gasteiger partial charge < -0.3 is 9.16 Å². The van der Waals surface area contributed by atoms with Crippen molar-refractivity contribution < 1.29 is 26.5 Å². The first-order chi connectivity index (χ1) is 12.0. The summed E-state index contributed by atoms with van der Waals surface area (Å²) in [5.74, 6) is 3.29. The second kappa shape index (κ2) is 10.4. The van der Waals surface area contributed by atoms with Crippen LogP contribution in [0, 0.1) is 11.8 Å². The van der Waals surface area contributed by atoms with Crippen LogP contribution in [0.5, 0.6) is 0 Å². The van der Waals surface area contributed by atoms with Gasteiger partial charge in [-0.2, -0.15) is 13.2 Å². The lowest BCUT2D eigenvalue weighted by Crippen LogP contribution is -2.42. The van der Waals surface area contributed by atoms with Gasteiger partial charge in [-0.05, 0) is 45.3 Å². The lowest BCUT2D eigenvalue weighted by molar-refractivity contribution is -0.0698. The average Bonchev–Trinajstić information content (AvgIpc) is 2.44. The predicted octanol–water partition coefficient (Wildman–Crippen LogP) is 4.40. The highest BCUT2D eigenvalue weighted by Crippen LogP contribution is 2.36. The van der Waals surface area contributed by atoms with E-state index in [1.165, 1.54) is 5.92 Å². The van der Waals surface area contributed by atoms with Crippen molar-refractivity contribution >= 4 is 19.3 Å². The van der Waals surface area contributed by atoms with Gasteiger partial charge in [0.25, 0.3) is 0 Å². The van der Waals surface area contributed by atoms with E-state index >= 15 is 0 Å². The molecule has 160 valence electrons. The van der Waals surface area contributed by atoms with Gasteiger partial charge in [-0.25, -0.2) is 8.93 Å². The fraction of sp³-hybridized carbons (Fsp3) is 0.889. The molecule has 0 heterocycles. The molecule has 0 aliphatic carbocycles. The van der Waals surface area contributed by atoms with Crippen LogP contribution in [-0.4, -0.2) is 49.3 Å². The van der Waals surface area contributed by atoms with Crippen LogP contribution in [0.15, 0.2) is 0 Å². The van der Waals surface area contributed by atoms with Crippen molar-refractivity contribution in [1.82, 2.24) is 4.72 Å². The molecular weight excluding hydrogens is 395 g/mol. The molecule has 2 unspecified atom stereocenters. The molecule has 4 nitrogen and oxygen atoms in total. The molecule has 27 heavy (non-hydrogen) atoms. The van der Waals surface area contributed by atoms with E-state index in [9.17, 15) is 17.4 Å². The largest absolute Gasteiger partial charge is 0.457 e. The van der Waals surface area contributed by atoms with Crippen molar-refractivity contribution in [2.24, 2.45) is 0 Å². The second-order valence-corrected chi connectivity index (χ2v) is 15.7. The van der Waals surface area contributed by atoms with Gasteiger partial charge in [-0.3, -0.25) is 0 Å². The maximum Gasteiger partial charge on any atom is 0.457 e. The Kier molecular flexibility index (Phi) is 10.2. The molecule has 0 aromatic heterocycles. The quantitative estimate of drug-likeness (QED) is 0.336. The summed E-state index contributed by atoms with van der Waals surface area (Å²) >= 11 is 0. The SMILES string of the molecule is CC(C)(C)S(=O)NC(C#CC(F)(F)F)COCCCO[Si](C)(C)C(C)(C)C. The van der Waals surface area contributed by atoms with Crippen LogP contribution in [0.2, 0.25) is 18.1 Å². The summed E-state index contributed by atoms with van der Waals surface area (Å²) in [5.41, 5.74) is 0. The van der Waals surface area contributed by atoms with Gasteiger partial charge in [-0.15, -0.1) is 0 Å². The number of hydrogen-bond acceptors (Lipinski definition) is 3. The normalized spacial score (nSPS) is 15.8. The standard InChI is InChI=1S/C18H34F3NO3SSi/c1-16(2,3)26(23)22-15(10-11-18(19,20)21)14-24-12-9-13-25-27(7,8)17(4,5)6/h15,22H,9,12-14H2,1-8H3. The highest BCUT2D eigenvalue weighted by atomic mass is 32.2. The van der Waals surface area contributed by atoms with Crippen molar-refractivity contribution in [1.29, 1.82) is 0 Å². The minimum Gasteiger partial charge on any atom is -0.417 e. The predicted molar refractivity (Wildman–Crippen MR) is 107 cm³/mol. The number of hydrogen-bond donors (Lipinski definition) is 1. The smallest absolute Gasteiger partial charge is 0.417 e. The van der Waals surface area contributed by atoms with E-state index in [1.807, 2.05) is 0 Å². The van der Waals surface area contributed by atoms with Crippen LogP contribution in [0.4, 0.5) is 13.2 Å². The fourth-order valence-electron chi connectivity index (χ4n) is 1.49. The molecule has 9 heteroatoms. The molecule has 0 aromatic carbocycles. The summed E-state index contributed by atoms with van der Waals surface area (Å²) in [6, 6.07) is -0.965. The van der Waals surface area contributed by atoms with Crippen molar-refractivity contribution in [2.45, 2.75) is 83.1 Å². The molecule has 1 N–H and O–H groups in total. The second-order valence-electron chi connectivity index (χ2n) is 8.86. The molecule has 0 aliphatic rings. The van der Waals surface area contributed by atoms with Gasteiger partial charge in [0, 0.05) is 19.1 Å². The number of alkyl halides is 3. The van der Waals surface area contributed by atoms with Gasteiger partial charge in [0.05, 0.1) is 22.3 Å². The molecule has 0 amide bonds. The Morgan fingerprint density at radius 3 is 2.07 bits per heavy atom. The molecule has 0 saturated carbocycles. The first-order valence-electron chi connectivity index (χ1n) is 8.95. The zero-order chi connectivity index (χ0) is 21.5. The minimum atomic E-state index is -4.60. The summed E-state index contributed by atoms with van der Waals surface area (Å²) < 4.78 is 62.6. The van der Waals surface area contributed by atoms with Gasteiger partial charge >= 0.3 is 6.18 Å². The first kappa shape index (κ1) is 26.6. The minimum absolute atomic E-state index is 0.0784. The topological polar surface area (TPSA) is 47.6 Å². The Labute approximate surface area is 165 Å².